The van der Waals surface area contributed by atoms with Crippen molar-refractivity contribution >= 4 is 28.2 Å². The summed E-state index contributed by atoms with van der Waals surface area (Å²) in [5.74, 6) is -0.985. The number of hydrogen-bond donors (Lipinski definition) is 2. The normalized spacial score (nSPS) is 10.6. The summed E-state index contributed by atoms with van der Waals surface area (Å²) in [7, 11) is 0. The van der Waals surface area contributed by atoms with Gasteiger partial charge in [-0.2, -0.15) is 0 Å². The number of hydrogen-bond acceptors (Lipinski definition) is 5. The number of rotatable bonds is 7. The number of nitrogens with zero attached hydrogens (tertiary/aromatic N) is 2. The molecular formula is C24H19N3O3S. The average Bonchev–Trinajstić information content (AvgIpc) is 3.24. The predicted molar refractivity (Wildman–Crippen MR) is 121 cm³/mol. The van der Waals surface area contributed by atoms with Crippen molar-refractivity contribution in [1.29, 1.82) is 0 Å². The molecule has 2 N–H and O–H groups in total. The molecule has 0 atom stereocenters. The fourth-order valence-electron chi connectivity index (χ4n) is 3.17. The number of carboxylic acids is 1. The van der Waals surface area contributed by atoms with E-state index in [2.05, 4.69) is 15.3 Å². The van der Waals surface area contributed by atoms with Crippen molar-refractivity contribution in [2.75, 3.05) is 5.32 Å². The number of benzene rings is 2. The summed E-state index contributed by atoms with van der Waals surface area (Å²) in [5.41, 5.74) is 5.65. The number of nitrogens with one attached hydrogen (secondary N) is 1. The Kier molecular flexibility index (Phi) is 6.14. The second kappa shape index (κ2) is 9.32. The molecule has 6 nitrogen and oxygen atoms in total. The lowest BCUT2D eigenvalue weighted by atomic mass is 10.0. The van der Waals surface area contributed by atoms with Gasteiger partial charge in [-0.05, 0) is 33.9 Å². The first-order valence-electron chi connectivity index (χ1n) is 9.60. The molecular weight excluding hydrogens is 410 g/mol. The maximum atomic E-state index is 12.4. The second-order valence-electron chi connectivity index (χ2n) is 7.02. The quantitative estimate of drug-likeness (QED) is 0.445. The fourth-order valence-corrected chi connectivity index (χ4v) is 4.00. The van der Waals surface area contributed by atoms with Crippen LogP contribution in [0.25, 0.3) is 22.3 Å². The minimum Gasteiger partial charge on any atom is -0.481 e. The first-order valence-corrected chi connectivity index (χ1v) is 10.5. The number of anilines is 1. The molecule has 0 bridgehead atoms. The van der Waals surface area contributed by atoms with Gasteiger partial charge in [-0.25, -0.2) is 9.97 Å². The van der Waals surface area contributed by atoms with Gasteiger partial charge >= 0.3 is 5.97 Å². The molecule has 0 aliphatic heterocycles. The van der Waals surface area contributed by atoms with E-state index >= 15 is 0 Å². The highest BCUT2D eigenvalue weighted by molar-refractivity contribution is 7.14. The Morgan fingerprint density at radius 2 is 1.39 bits per heavy atom. The number of thiophene rings is 1. The summed E-state index contributed by atoms with van der Waals surface area (Å²) in [5, 5.41) is 14.6. The van der Waals surface area contributed by atoms with E-state index in [0.717, 1.165) is 32.8 Å². The summed E-state index contributed by atoms with van der Waals surface area (Å²) >= 11 is 1.48. The molecule has 31 heavy (non-hydrogen) atoms. The van der Waals surface area contributed by atoms with Crippen LogP contribution in [0.5, 0.6) is 0 Å². The highest BCUT2D eigenvalue weighted by Crippen LogP contribution is 2.30. The summed E-state index contributed by atoms with van der Waals surface area (Å²) in [6.45, 7) is 0. The summed E-state index contributed by atoms with van der Waals surface area (Å²) in [4.78, 5) is 31.2. The van der Waals surface area contributed by atoms with Gasteiger partial charge in [0.05, 0.1) is 17.8 Å². The first-order chi connectivity index (χ1) is 15.1. The van der Waals surface area contributed by atoms with Gasteiger partial charge in [0.1, 0.15) is 6.33 Å². The molecule has 0 aliphatic rings. The standard InChI is InChI=1S/C24H19N3O3S/c28-22(9-16-1-3-17(4-2-16)10-24(29)30)27-23-11-20(14-31-23)18-5-7-19(8-6-18)21-12-25-15-26-13-21/h1-8,11-15H,9-10H2,(H,27,28)(H,29,30). The molecule has 4 aromatic rings. The van der Waals surface area contributed by atoms with E-state index in [1.54, 1.807) is 36.7 Å². The van der Waals surface area contributed by atoms with Crippen LogP contribution >= 0.6 is 11.3 Å². The van der Waals surface area contributed by atoms with Crippen LogP contribution in [0.15, 0.2) is 78.7 Å². The fraction of sp³-hybridized carbons (Fsp3) is 0.0833. The van der Waals surface area contributed by atoms with E-state index in [-0.39, 0.29) is 18.7 Å². The summed E-state index contributed by atoms with van der Waals surface area (Å²) in [6, 6.07) is 17.1. The van der Waals surface area contributed by atoms with Gasteiger partial charge in [0.2, 0.25) is 5.91 Å². The predicted octanol–water partition coefficient (Wildman–Crippen LogP) is 4.68. The Bertz CT molecular complexity index is 1190. The maximum absolute atomic E-state index is 12.4. The summed E-state index contributed by atoms with van der Waals surface area (Å²) < 4.78 is 0. The monoisotopic (exact) mass is 429 g/mol. The molecule has 7 heteroatoms. The minimum atomic E-state index is -0.872. The van der Waals surface area contributed by atoms with E-state index < -0.39 is 5.97 Å². The van der Waals surface area contributed by atoms with E-state index in [1.807, 2.05) is 35.7 Å². The van der Waals surface area contributed by atoms with Crippen molar-refractivity contribution in [3.8, 4) is 22.3 Å². The molecule has 0 saturated heterocycles. The number of carbonyl (C=O) groups is 2. The molecule has 2 aromatic heterocycles. The van der Waals surface area contributed by atoms with Crippen molar-refractivity contribution < 1.29 is 14.7 Å². The molecule has 0 unspecified atom stereocenters. The molecule has 0 saturated carbocycles. The number of amides is 1. The number of aliphatic carboxylic acids is 1. The zero-order valence-electron chi connectivity index (χ0n) is 16.5. The van der Waals surface area contributed by atoms with Gasteiger partial charge in [0, 0.05) is 23.3 Å². The van der Waals surface area contributed by atoms with Gasteiger partial charge in [0.25, 0.3) is 0 Å². The molecule has 0 fully saturated rings. The lowest BCUT2D eigenvalue weighted by Gasteiger charge is -2.04. The van der Waals surface area contributed by atoms with Gasteiger partial charge < -0.3 is 10.4 Å². The average molecular weight is 430 g/mol. The Balaban J connectivity index is 1.37. The van der Waals surface area contributed by atoms with Gasteiger partial charge in [0.15, 0.2) is 0 Å². The third-order valence-electron chi connectivity index (χ3n) is 4.72. The molecule has 2 aromatic carbocycles. The number of carbonyl (C=O) groups excluding carboxylic acids is 1. The van der Waals surface area contributed by atoms with Crippen molar-refractivity contribution in [2.24, 2.45) is 0 Å². The Labute approximate surface area is 183 Å². The lowest BCUT2D eigenvalue weighted by Crippen LogP contribution is -2.13. The van der Waals surface area contributed by atoms with E-state index in [4.69, 9.17) is 5.11 Å². The van der Waals surface area contributed by atoms with Crippen molar-refractivity contribution in [1.82, 2.24) is 9.97 Å². The first kappa shape index (κ1) is 20.4. The minimum absolute atomic E-state index is 0.0233. The third kappa shape index (κ3) is 5.40. The maximum Gasteiger partial charge on any atom is 0.307 e. The molecule has 2 heterocycles. The lowest BCUT2D eigenvalue weighted by molar-refractivity contribution is -0.136. The van der Waals surface area contributed by atoms with Crippen molar-refractivity contribution in [3.05, 3.63) is 89.8 Å². The van der Waals surface area contributed by atoms with Gasteiger partial charge in [-0.3, -0.25) is 9.59 Å². The molecule has 0 spiro atoms. The largest absolute Gasteiger partial charge is 0.481 e. The van der Waals surface area contributed by atoms with Crippen LogP contribution in [0.4, 0.5) is 5.00 Å². The van der Waals surface area contributed by atoms with Crippen LogP contribution in [0, 0.1) is 0 Å². The van der Waals surface area contributed by atoms with Crippen LogP contribution in [0.3, 0.4) is 0 Å². The topological polar surface area (TPSA) is 92.2 Å². The van der Waals surface area contributed by atoms with E-state index in [0.29, 0.717) is 5.56 Å². The highest BCUT2D eigenvalue weighted by Gasteiger charge is 2.09. The Hall–Kier alpha value is -3.84. The van der Waals surface area contributed by atoms with Gasteiger partial charge in [-0.1, -0.05) is 48.5 Å². The molecule has 1 amide bonds. The van der Waals surface area contributed by atoms with E-state index in [9.17, 15) is 9.59 Å². The smallest absolute Gasteiger partial charge is 0.307 e. The number of aromatic nitrogens is 2. The van der Waals surface area contributed by atoms with Crippen LogP contribution in [-0.4, -0.2) is 27.0 Å². The second-order valence-corrected chi connectivity index (χ2v) is 7.93. The zero-order chi connectivity index (χ0) is 21.6. The SMILES string of the molecule is O=C(O)Cc1ccc(CC(=O)Nc2cc(-c3ccc(-c4cncnc4)cc3)cs2)cc1. The molecule has 0 aliphatic carbocycles. The Morgan fingerprint density at radius 3 is 2.00 bits per heavy atom. The third-order valence-corrected chi connectivity index (χ3v) is 5.56. The van der Waals surface area contributed by atoms with E-state index in [1.165, 1.54) is 17.7 Å². The van der Waals surface area contributed by atoms with Crippen LogP contribution < -0.4 is 5.32 Å². The van der Waals surface area contributed by atoms with Crippen molar-refractivity contribution in [2.45, 2.75) is 12.8 Å². The summed E-state index contributed by atoms with van der Waals surface area (Å²) in [6.07, 6.45) is 5.27. The van der Waals surface area contributed by atoms with Crippen LogP contribution in [0.2, 0.25) is 0 Å². The van der Waals surface area contributed by atoms with Crippen LogP contribution in [-0.2, 0) is 22.4 Å². The van der Waals surface area contributed by atoms with Crippen LogP contribution in [0.1, 0.15) is 11.1 Å². The number of carboxylic acid groups (broad SMARTS) is 1. The highest BCUT2D eigenvalue weighted by atomic mass is 32.1. The van der Waals surface area contributed by atoms with Gasteiger partial charge in [-0.15, -0.1) is 11.3 Å². The zero-order valence-corrected chi connectivity index (χ0v) is 17.3. The Morgan fingerprint density at radius 1 is 0.806 bits per heavy atom. The molecule has 4 rings (SSSR count). The molecule has 154 valence electrons. The van der Waals surface area contributed by atoms with Crippen molar-refractivity contribution in [3.63, 3.8) is 0 Å². The molecule has 0 radical (unpaired) electrons.